The fraction of sp³-hybridized carbons (Fsp3) is 0.357. The Labute approximate surface area is 216 Å². The summed E-state index contributed by atoms with van der Waals surface area (Å²) in [5.41, 5.74) is 14.0. The molecule has 0 bridgehead atoms. The molecule has 3 aromatic rings. The molecule has 0 aliphatic heterocycles. The van der Waals surface area contributed by atoms with Crippen molar-refractivity contribution in [3.63, 3.8) is 0 Å². The zero-order chi connectivity index (χ0) is 26.2. The van der Waals surface area contributed by atoms with Crippen LogP contribution in [-0.2, 0) is 11.3 Å². The highest BCUT2D eigenvalue weighted by molar-refractivity contribution is 5.98. The summed E-state index contributed by atoms with van der Waals surface area (Å²) in [5, 5.41) is 9.83. The molecule has 0 unspecified atom stereocenters. The number of amides is 3. The lowest BCUT2D eigenvalue weighted by atomic mass is 9.85. The van der Waals surface area contributed by atoms with E-state index in [0.29, 0.717) is 17.9 Å². The second-order valence-electron chi connectivity index (χ2n) is 9.58. The third kappa shape index (κ3) is 6.75. The Hall–Kier alpha value is -4.14. The second kappa shape index (κ2) is 12.2. The highest BCUT2D eigenvalue weighted by atomic mass is 16.2. The molecule has 1 fully saturated rings. The molecule has 1 aromatic heterocycles. The minimum absolute atomic E-state index is 0.252. The lowest BCUT2D eigenvalue weighted by Gasteiger charge is -2.23. The van der Waals surface area contributed by atoms with Crippen molar-refractivity contribution >= 4 is 23.5 Å². The third-order valence-electron chi connectivity index (χ3n) is 6.96. The number of nitrogen functional groups attached to an aromatic ring is 1. The first kappa shape index (κ1) is 25.9. The maximum absolute atomic E-state index is 12.7. The largest absolute Gasteiger partial charge is 0.383 e. The minimum atomic E-state index is -0.685. The Morgan fingerprint density at radius 3 is 2.35 bits per heavy atom. The molecule has 1 atom stereocenters. The van der Waals surface area contributed by atoms with Crippen LogP contribution in [0.5, 0.6) is 0 Å². The van der Waals surface area contributed by atoms with E-state index in [1.165, 1.54) is 43.0 Å². The number of anilines is 1. The van der Waals surface area contributed by atoms with Crippen LogP contribution in [0.15, 0.2) is 60.8 Å². The second-order valence-corrected chi connectivity index (χ2v) is 9.58. The van der Waals surface area contributed by atoms with Crippen LogP contribution in [-0.4, -0.2) is 33.5 Å². The first-order chi connectivity index (χ1) is 17.9. The summed E-state index contributed by atoms with van der Waals surface area (Å²) in [6, 6.07) is 15.5. The van der Waals surface area contributed by atoms with Gasteiger partial charge in [0.1, 0.15) is 17.4 Å². The summed E-state index contributed by atoms with van der Waals surface area (Å²) in [5.74, 6) is -0.348. The predicted octanol–water partition coefficient (Wildman–Crippen LogP) is 3.33. The number of para-hydroxylation sites is 1. The molecule has 2 aromatic carbocycles. The van der Waals surface area contributed by atoms with Gasteiger partial charge in [0.05, 0.1) is 11.9 Å². The number of nitrogens with two attached hydrogens (primary N) is 2. The minimum Gasteiger partial charge on any atom is -0.383 e. The monoisotopic (exact) mass is 502 g/mol. The average molecular weight is 503 g/mol. The van der Waals surface area contributed by atoms with Crippen molar-refractivity contribution in [2.24, 2.45) is 11.7 Å². The van der Waals surface area contributed by atoms with Crippen LogP contribution < -0.4 is 22.1 Å². The molecular formula is C28H34N6O3. The van der Waals surface area contributed by atoms with Gasteiger partial charge in [-0.25, -0.2) is 4.68 Å². The molecule has 3 amide bonds. The molecule has 37 heavy (non-hydrogen) atoms. The number of nitrogens with one attached hydrogen (secondary N) is 2. The lowest BCUT2D eigenvalue weighted by Crippen LogP contribution is -2.44. The summed E-state index contributed by atoms with van der Waals surface area (Å²) in [6.07, 6.45) is 8.99. The fourth-order valence-electron chi connectivity index (χ4n) is 4.76. The molecule has 1 aliphatic rings. The lowest BCUT2D eigenvalue weighted by molar-refractivity contribution is -0.120. The highest BCUT2D eigenvalue weighted by Crippen LogP contribution is 2.27. The number of nitrogens with zero attached hydrogens (tertiary/aromatic N) is 2. The average Bonchev–Trinajstić information content (AvgIpc) is 3.32. The normalized spacial score (nSPS) is 14.6. The van der Waals surface area contributed by atoms with Crippen LogP contribution in [0.3, 0.4) is 0 Å². The Morgan fingerprint density at radius 2 is 1.68 bits per heavy atom. The van der Waals surface area contributed by atoms with Gasteiger partial charge in [0.25, 0.3) is 11.8 Å². The smallest absolute Gasteiger partial charge is 0.256 e. The quantitative estimate of drug-likeness (QED) is 0.336. The molecule has 0 spiro atoms. The van der Waals surface area contributed by atoms with Gasteiger partial charge in [-0.05, 0) is 48.6 Å². The van der Waals surface area contributed by atoms with E-state index in [2.05, 4.69) is 15.7 Å². The molecule has 194 valence electrons. The van der Waals surface area contributed by atoms with Crippen LogP contribution in [0.1, 0.15) is 71.2 Å². The molecule has 1 saturated carbocycles. The first-order valence-electron chi connectivity index (χ1n) is 12.8. The number of benzene rings is 2. The van der Waals surface area contributed by atoms with Crippen LogP contribution >= 0.6 is 0 Å². The van der Waals surface area contributed by atoms with Crippen molar-refractivity contribution in [1.82, 2.24) is 20.4 Å². The zero-order valence-electron chi connectivity index (χ0n) is 20.9. The molecule has 9 heteroatoms. The number of primary amides is 1. The maximum atomic E-state index is 12.7. The van der Waals surface area contributed by atoms with E-state index in [-0.39, 0.29) is 29.7 Å². The van der Waals surface area contributed by atoms with E-state index >= 15 is 0 Å². The fourth-order valence-corrected chi connectivity index (χ4v) is 4.76. The number of hydrogen-bond acceptors (Lipinski definition) is 5. The first-order valence-corrected chi connectivity index (χ1v) is 12.8. The van der Waals surface area contributed by atoms with Crippen LogP contribution in [0.2, 0.25) is 0 Å². The van der Waals surface area contributed by atoms with Gasteiger partial charge in [-0.2, -0.15) is 5.10 Å². The predicted molar refractivity (Wildman–Crippen MR) is 142 cm³/mol. The van der Waals surface area contributed by atoms with Crippen LogP contribution in [0, 0.1) is 5.92 Å². The van der Waals surface area contributed by atoms with Crippen LogP contribution in [0.4, 0.5) is 5.82 Å². The van der Waals surface area contributed by atoms with Gasteiger partial charge in [-0.15, -0.1) is 0 Å². The number of hydrogen-bond donors (Lipinski definition) is 4. The van der Waals surface area contributed by atoms with E-state index in [0.717, 1.165) is 17.7 Å². The molecule has 1 heterocycles. The number of rotatable bonds is 10. The van der Waals surface area contributed by atoms with Crippen molar-refractivity contribution in [2.75, 3.05) is 5.73 Å². The van der Waals surface area contributed by atoms with Gasteiger partial charge in [-0.1, -0.05) is 62.4 Å². The standard InChI is InChI=1S/C28H34N6O3/c29-25-23(18-32-34(25)22-9-5-2-6-10-22)28(37)31-17-20-11-14-21(15-12-20)27(36)33-24(26(30)35)16-13-19-7-3-1-4-8-19/h2,5-6,9-12,14-15,18-19,24H,1,3-4,7-8,13,16-17,29H2,(H2,30,35)(H,31,37)(H,33,36)/t24-/m0/s1. The number of carbonyl (C=O) groups excluding carboxylic acids is 3. The molecule has 1 aliphatic carbocycles. The summed E-state index contributed by atoms with van der Waals surface area (Å²) >= 11 is 0. The van der Waals surface area contributed by atoms with E-state index in [1.54, 1.807) is 24.3 Å². The topological polar surface area (TPSA) is 145 Å². The molecule has 0 saturated heterocycles. The Balaban J connectivity index is 1.29. The van der Waals surface area contributed by atoms with Crippen molar-refractivity contribution in [3.05, 3.63) is 77.5 Å². The van der Waals surface area contributed by atoms with Gasteiger partial charge in [0.2, 0.25) is 5.91 Å². The summed E-state index contributed by atoms with van der Waals surface area (Å²) in [7, 11) is 0. The maximum Gasteiger partial charge on any atom is 0.256 e. The SMILES string of the molecule is NC(=O)[C@H](CCC1CCCCC1)NC(=O)c1ccc(CNC(=O)c2cnn(-c3ccccc3)c2N)cc1. The number of aromatic nitrogens is 2. The van der Waals surface area contributed by atoms with Crippen molar-refractivity contribution in [1.29, 1.82) is 0 Å². The molecule has 0 radical (unpaired) electrons. The summed E-state index contributed by atoms with van der Waals surface area (Å²) in [6.45, 7) is 0.252. The highest BCUT2D eigenvalue weighted by Gasteiger charge is 2.22. The van der Waals surface area contributed by atoms with E-state index in [1.807, 2.05) is 30.3 Å². The molecule has 4 rings (SSSR count). The van der Waals surface area contributed by atoms with Crippen LogP contribution in [0.25, 0.3) is 5.69 Å². The van der Waals surface area contributed by atoms with E-state index < -0.39 is 11.9 Å². The van der Waals surface area contributed by atoms with Gasteiger partial charge in [0, 0.05) is 12.1 Å². The Kier molecular flexibility index (Phi) is 8.56. The van der Waals surface area contributed by atoms with Crippen molar-refractivity contribution in [3.8, 4) is 5.69 Å². The van der Waals surface area contributed by atoms with Crippen molar-refractivity contribution in [2.45, 2.75) is 57.5 Å². The van der Waals surface area contributed by atoms with E-state index in [9.17, 15) is 14.4 Å². The van der Waals surface area contributed by atoms with Gasteiger partial charge in [0.15, 0.2) is 0 Å². The molecule has 9 nitrogen and oxygen atoms in total. The Bertz CT molecular complexity index is 1220. The van der Waals surface area contributed by atoms with Gasteiger partial charge in [-0.3, -0.25) is 14.4 Å². The zero-order valence-corrected chi connectivity index (χ0v) is 20.9. The summed E-state index contributed by atoms with van der Waals surface area (Å²) in [4.78, 5) is 37.3. The number of carbonyl (C=O) groups is 3. The summed E-state index contributed by atoms with van der Waals surface area (Å²) < 4.78 is 1.51. The van der Waals surface area contributed by atoms with Gasteiger partial charge < -0.3 is 22.1 Å². The van der Waals surface area contributed by atoms with Crippen molar-refractivity contribution < 1.29 is 14.4 Å². The van der Waals surface area contributed by atoms with Gasteiger partial charge >= 0.3 is 0 Å². The third-order valence-corrected chi connectivity index (χ3v) is 6.96. The molecule has 6 N–H and O–H groups in total. The molecular weight excluding hydrogens is 468 g/mol. The van der Waals surface area contributed by atoms with E-state index in [4.69, 9.17) is 11.5 Å². The Morgan fingerprint density at radius 1 is 0.973 bits per heavy atom.